The van der Waals surface area contributed by atoms with E-state index in [1.54, 1.807) is 35.0 Å². The number of rotatable bonds is 2. The molecule has 0 radical (unpaired) electrons. The van der Waals surface area contributed by atoms with Crippen molar-refractivity contribution in [3.8, 4) is 0 Å². The van der Waals surface area contributed by atoms with Gasteiger partial charge in [0.2, 0.25) is 5.91 Å². The summed E-state index contributed by atoms with van der Waals surface area (Å²) in [4.78, 5) is 15.2. The Hall–Kier alpha value is -1.62. The Morgan fingerprint density at radius 2 is 2.11 bits per heavy atom. The first-order chi connectivity index (χ1) is 8.56. The Bertz CT molecular complexity index is 452. The first-order valence-corrected chi connectivity index (χ1v) is 5.95. The van der Waals surface area contributed by atoms with Crippen LogP contribution in [-0.4, -0.2) is 48.2 Å². The van der Waals surface area contributed by atoms with Crippen LogP contribution in [0.3, 0.4) is 0 Å². The summed E-state index contributed by atoms with van der Waals surface area (Å²) < 4.78 is 13.8. The van der Waals surface area contributed by atoms with Crippen molar-refractivity contribution < 1.29 is 14.3 Å². The van der Waals surface area contributed by atoms with Crippen molar-refractivity contribution in [1.29, 1.82) is 0 Å². The average Bonchev–Trinajstić information content (AvgIpc) is 2.34. The van der Waals surface area contributed by atoms with E-state index < -0.39 is 6.04 Å². The fraction of sp³-hybridized carbons (Fsp3) is 0.462. The van der Waals surface area contributed by atoms with Gasteiger partial charge in [-0.15, -0.1) is 0 Å². The SMILES string of the molecule is CC1CN(C)C(=O)C(CO)N1c1ccccc1F. The summed E-state index contributed by atoms with van der Waals surface area (Å²) in [7, 11) is 1.69. The molecule has 0 aromatic heterocycles. The average molecular weight is 252 g/mol. The Morgan fingerprint density at radius 3 is 2.72 bits per heavy atom. The minimum Gasteiger partial charge on any atom is -0.394 e. The first kappa shape index (κ1) is 12.8. The van der Waals surface area contributed by atoms with Crippen LogP contribution in [0, 0.1) is 5.82 Å². The maximum Gasteiger partial charge on any atom is 0.247 e. The predicted octanol–water partition coefficient (Wildman–Crippen LogP) is 0.853. The van der Waals surface area contributed by atoms with Crippen LogP contribution in [0.2, 0.25) is 0 Å². The molecule has 1 heterocycles. The fourth-order valence-corrected chi connectivity index (χ4v) is 2.49. The third-order valence-corrected chi connectivity index (χ3v) is 3.31. The molecule has 2 atom stereocenters. The number of amides is 1. The van der Waals surface area contributed by atoms with Crippen molar-refractivity contribution in [2.45, 2.75) is 19.0 Å². The lowest BCUT2D eigenvalue weighted by atomic mass is 10.1. The monoisotopic (exact) mass is 252 g/mol. The van der Waals surface area contributed by atoms with Gasteiger partial charge < -0.3 is 14.9 Å². The number of nitrogens with zero attached hydrogens (tertiary/aromatic N) is 2. The van der Waals surface area contributed by atoms with Crippen molar-refractivity contribution in [3.63, 3.8) is 0 Å². The summed E-state index contributed by atoms with van der Waals surface area (Å²) in [5, 5.41) is 9.41. The quantitative estimate of drug-likeness (QED) is 0.848. The normalized spacial score (nSPS) is 24.6. The molecule has 1 fully saturated rings. The smallest absolute Gasteiger partial charge is 0.247 e. The molecule has 1 amide bonds. The molecule has 1 aliphatic heterocycles. The van der Waals surface area contributed by atoms with Crippen LogP contribution < -0.4 is 4.90 Å². The molecule has 1 saturated heterocycles. The van der Waals surface area contributed by atoms with Crippen molar-refractivity contribution in [1.82, 2.24) is 4.90 Å². The third kappa shape index (κ3) is 2.06. The van der Waals surface area contributed by atoms with E-state index >= 15 is 0 Å². The summed E-state index contributed by atoms with van der Waals surface area (Å²) in [6.45, 7) is 2.11. The largest absolute Gasteiger partial charge is 0.394 e. The van der Waals surface area contributed by atoms with Gasteiger partial charge in [-0.25, -0.2) is 4.39 Å². The molecule has 0 saturated carbocycles. The highest BCUT2D eigenvalue weighted by Crippen LogP contribution is 2.27. The molecule has 1 aromatic rings. The number of carbonyl (C=O) groups excluding carboxylic acids is 1. The number of halogens is 1. The number of carbonyl (C=O) groups is 1. The molecule has 4 nitrogen and oxygen atoms in total. The fourth-order valence-electron chi connectivity index (χ4n) is 2.49. The van der Waals surface area contributed by atoms with E-state index in [0.717, 1.165) is 0 Å². The zero-order valence-corrected chi connectivity index (χ0v) is 10.5. The molecule has 0 aliphatic carbocycles. The molecule has 98 valence electrons. The van der Waals surface area contributed by atoms with Crippen molar-refractivity contribution >= 4 is 11.6 Å². The number of para-hydroxylation sites is 1. The van der Waals surface area contributed by atoms with E-state index in [0.29, 0.717) is 12.2 Å². The molecule has 2 unspecified atom stereocenters. The van der Waals surface area contributed by atoms with Crippen molar-refractivity contribution in [2.24, 2.45) is 0 Å². The zero-order valence-electron chi connectivity index (χ0n) is 10.5. The molecular formula is C13H17FN2O2. The Labute approximate surface area is 106 Å². The van der Waals surface area contributed by atoms with Crippen LogP contribution >= 0.6 is 0 Å². The van der Waals surface area contributed by atoms with Gasteiger partial charge >= 0.3 is 0 Å². The number of benzene rings is 1. The molecule has 5 heteroatoms. The van der Waals surface area contributed by atoms with E-state index in [4.69, 9.17) is 0 Å². The molecule has 1 aliphatic rings. The molecule has 0 spiro atoms. The molecule has 2 rings (SSSR count). The van der Waals surface area contributed by atoms with E-state index in [2.05, 4.69) is 0 Å². The summed E-state index contributed by atoms with van der Waals surface area (Å²) >= 11 is 0. The van der Waals surface area contributed by atoms with Gasteiger partial charge in [0, 0.05) is 19.6 Å². The van der Waals surface area contributed by atoms with Gasteiger partial charge in [-0.1, -0.05) is 12.1 Å². The van der Waals surface area contributed by atoms with E-state index in [-0.39, 0.29) is 24.4 Å². The second-order valence-electron chi connectivity index (χ2n) is 4.62. The van der Waals surface area contributed by atoms with E-state index in [1.807, 2.05) is 6.92 Å². The number of hydrogen-bond donors (Lipinski definition) is 1. The van der Waals surface area contributed by atoms with Crippen LogP contribution in [-0.2, 0) is 4.79 Å². The van der Waals surface area contributed by atoms with Gasteiger partial charge in [0.1, 0.15) is 11.9 Å². The van der Waals surface area contributed by atoms with Crippen LogP contribution in [0.15, 0.2) is 24.3 Å². The number of likely N-dealkylation sites (N-methyl/N-ethyl adjacent to an activating group) is 1. The van der Waals surface area contributed by atoms with Gasteiger partial charge in [0.25, 0.3) is 0 Å². The topological polar surface area (TPSA) is 43.8 Å². The van der Waals surface area contributed by atoms with Gasteiger partial charge in [-0.05, 0) is 19.1 Å². The second kappa shape index (κ2) is 4.94. The van der Waals surface area contributed by atoms with Gasteiger partial charge in [0.15, 0.2) is 0 Å². The second-order valence-corrected chi connectivity index (χ2v) is 4.62. The highest BCUT2D eigenvalue weighted by molar-refractivity contribution is 5.87. The lowest BCUT2D eigenvalue weighted by Crippen LogP contribution is -2.61. The summed E-state index contributed by atoms with van der Waals surface area (Å²) in [5.41, 5.74) is 0.366. The predicted molar refractivity (Wildman–Crippen MR) is 66.9 cm³/mol. The van der Waals surface area contributed by atoms with Crippen LogP contribution in [0.1, 0.15) is 6.92 Å². The maximum absolute atomic E-state index is 13.8. The Kier molecular flexibility index (Phi) is 3.52. The lowest BCUT2D eigenvalue weighted by molar-refractivity contribution is -0.134. The highest BCUT2D eigenvalue weighted by atomic mass is 19.1. The number of piperazine rings is 1. The van der Waals surface area contributed by atoms with Crippen LogP contribution in [0.4, 0.5) is 10.1 Å². The third-order valence-electron chi connectivity index (χ3n) is 3.31. The minimum absolute atomic E-state index is 0.0400. The maximum atomic E-state index is 13.8. The Balaban J connectivity index is 2.41. The summed E-state index contributed by atoms with van der Waals surface area (Å²) in [6, 6.07) is 5.57. The molecule has 1 N–H and O–H groups in total. The summed E-state index contributed by atoms with van der Waals surface area (Å²) in [6.07, 6.45) is 0. The molecule has 0 bridgehead atoms. The zero-order chi connectivity index (χ0) is 13.3. The number of anilines is 1. The number of aliphatic hydroxyl groups is 1. The number of aliphatic hydroxyl groups excluding tert-OH is 1. The minimum atomic E-state index is -0.712. The van der Waals surface area contributed by atoms with Crippen molar-refractivity contribution in [3.05, 3.63) is 30.1 Å². The highest BCUT2D eigenvalue weighted by Gasteiger charge is 2.37. The molecular weight excluding hydrogens is 235 g/mol. The van der Waals surface area contributed by atoms with Gasteiger partial charge in [-0.2, -0.15) is 0 Å². The lowest BCUT2D eigenvalue weighted by Gasteiger charge is -2.44. The number of hydrogen-bond acceptors (Lipinski definition) is 3. The Morgan fingerprint density at radius 1 is 1.44 bits per heavy atom. The van der Waals surface area contributed by atoms with Crippen LogP contribution in [0.25, 0.3) is 0 Å². The van der Waals surface area contributed by atoms with Crippen molar-refractivity contribution in [2.75, 3.05) is 25.1 Å². The van der Waals surface area contributed by atoms with Crippen LogP contribution in [0.5, 0.6) is 0 Å². The first-order valence-electron chi connectivity index (χ1n) is 5.95. The molecule has 1 aromatic carbocycles. The van der Waals surface area contributed by atoms with E-state index in [9.17, 15) is 14.3 Å². The molecule has 18 heavy (non-hydrogen) atoms. The van der Waals surface area contributed by atoms with Gasteiger partial charge in [0.05, 0.1) is 12.3 Å². The van der Waals surface area contributed by atoms with Gasteiger partial charge in [-0.3, -0.25) is 4.79 Å². The van der Waals surface area contributed by atoms with E-state index in [1.165, 1.54) is 6.07 Å². The standard InChI is InChI=1S/C13H17FN2O2/c1-9-7-15(2)13(18)12(8-17)16(9)11-6-4-3-5-10(11)14/h3-6,9,12,17H,7-8H2,1-2H3. The summed E-state index contributed by atoms with van der Waals surface area (Å²) in [5.74, 6) is -0.556.